The highest BCUT2D eigenvalue weighted by Crippen LogP contribution is 2.36. The van der Waals surface area contributed by atoms with Gasteiger partial charge in [-0.25, -0.2) is 14.4 Å². The molecule has 10 heteroatoms. The van der Waals surface area contributed by atoms with Crippen molar-refractivity contribution < 1.29 is 22.4 Å². The number of rotatable bonds is 3. The van der Waals surface area contributed by atoms with Crippen LogP contribution >= 0.6 is 0 Å². The van der Waals surface area contributed by atoms with E-state index in [4.69, 9.17) is 5.26 Å². The molecule has 2 aromatic heterocycles. The van der Waals surface area contributed by atoms with Crippen LogP contribution < -0.4 is 5.32 Å². The lowest BCUT2D eigenvalue weighted by molar-refractivity contribution is -0.171. The number of aromatic nitrogens is 2. The Morgan fingerprint density at radius 2 is 2.07 bits per heavy atom. The molecule has 1 aliphatic heterocycles. The predicted octanol–water partition coefficient (Wildman–Crippen LogP) is 2.91. The summed E-state index contributed by atoms with van der Waals surface area (Å²) in [4.78, 5) is 21.1. The molecule has 2 aromatic rings. The van der Waals surface area contributed by atoms with Crippen molar-refractivity contribution in [1.82, 2.24) is 14.9 Å². The first-order valence-corrected chi connectivity index (χ1v) is 8.31. The molecule has 0 aliphatic carbocycles. The maximum absolute atomic E-state index is 13.8. The highest BCUT2D eigenvalue weighted by molar-refractivity contribution is 5.92. The minimum absolute atomic E-state index is 0.0139. The molecule has 0 unspecified atom stereocenters. The molecule has 146 valence electrons. The average Bonchev–Trinajstić information content (AvgIpc) is 3.06. The lowest BCUT2D eigenvalue weighted by Gasteiger charge is -2.22. The smallest absolute Gasteiger partial charge is 0.364 e. The van der Waals surface area contributed by atoms with Crippen molar-refractivity contribution in [3.05, 3.63) is 53.2 Å². The van der Waals surface area contributed by atoms with E-state index in [9.17, 15) is 22.4 Å². The Bertz CT molecular complexity index is 940. The van der Waals surface area contributed by atoms with Crippen LogP contribution in [0.2, 0.25) is 0 Å². The molecule has 6 nitrogen and oxygen atoms in total. The molecule has 0 spiro atoms. The number of carbonyl (C=O) groups excluding carboxylic acids is 1. The molecular weight excluding hydrogens is 378 g/mol. The molecular formula is C18H15F4N5O. The van der Waals surface area contributed by atoms with Crippen molar-refractivity contribution in [3.8, 4) is 6.07 Å². The van der Waals surface area contributed by atoms with Crippen LogP contribution in [-0.2, 0) is 0 Å². The summed E-state index contributed by atoms with van der Waals surface area (Å²) in [6, 6.07) is 5.95. The van der Waals surface area contributed by atoms with Crippen LogP contribution in [-0.4, -0.2) is 46.1 Å². The molecule has 0 bridgehead atoms. The molecule has 1 amide bonds. The molecule has 1 aliphatic rings. The number of nitriles is 1. The number of carbonyl (C=O) groups is 1. The zero-order valence-corrected chi connectivity index (χ0v) is 14.7. The van der Waals surface area contributed by atoms with E-state index in [1.54, 1.807) is 13.0 Å². The summed E-state index contributed by atoms with van der Waals surface area (Å²) in [5, 5.41) is 11.8. The summed E-state index contributed by atoms with van der Waals surface area (Å²) in [5.74, 6) is -3.72. The lowest BCUT2D eigenvalue weighted by atomic mass is 10.0. The normalized spacial score (nSPS) is 19.4. The molecule has 1 fully saturated rings. The largest absolute Gasteiger partial charge is 0.395 e. The number of amides is 1. The number of alkyl halides is 3. The number of nitrogens with zero attached hydrogens (tertiary/aromatic N) is 4. The van der Waals surface area contributed by atoms with Crippen LogP contribution in [0.15, 0.2) is 30.5 Å². The molecule has 2 atom stereocenters. The molecule has 3 rings (SSSR count). The summed E-state index contributed by atoms with van der Waals surface area (Å²) in [5.41, 5.74) is 0.0779. The third kappa shape index (κ3) is 3.88. The van der Waals surface area contributed by atoms with Crippen LogP contribution in [0.4, 0.5) is 23.4 Å². The van der Waals surface area contributed by atoms with Gasteiger partial charge in [0.25, 0.3) is 5.91 Å². The zero-order valence-electron chi connectivity index (χ0n) is 14.7. The Labute approximate surface area is 157 Å². The maximum Gasteiger partial charge on any atom is 0.395 e. The van der Waals surface area contributed by atoms with Crippen molar-refractivity contribution in [2.24, 2.45) is 5.92 Å². The van der Waals surface area contributed by atoms with Gasteiger partial charge in [0.05, 0.1) is 17.5 Å². The molecule has 0 saturated carbocycles. The summed E-state index contributed by atoms with van der Waals surface area (Å²) in [6.07, 6.45) is -3.41. The molecule has 1 saturated heterocycles. The van der Waals surface area contributed by atoms with E-state index in [0.29, 0.717) is 5.69 Å². The van der Waals surface area contributed by atoms with E-state index in [0.717, 1.165) is 11.0 Å². The maximum atomic E-state index is 13.8. The summed E-state index contributed by atoms with van der Waals surface area (Å²) in [7, 11) is 0. The second-order valence-electron chi connectivity index (χ2n) is 6.40. The van der Waals surface area contributed by atoms with Crippen molar-refractivity contribution in [3.63, 3.8) is 0 Å². The van der Waals surface area contributed by atoms with Crippen LogP contribution in [0.5, 0.6) is 0 Å². The van der Waals surface area contributed by atoms with Gasteiger partial charge in [-0.1, -0.05) is 0 Å². The van der Waals surface area contributed by atoms with Crippen LogP contribution in [0.25, 0.3) is 0 Å². The number of hydrogen-bond acceptors (Lipinski definition) is 5. The second-order valence-corrected chi connectivity index (χ2v) is 6.40. The van der Waals surface area contributed by atoms with Gasteiger partial charge in [-0.2, -0.15) is 18.4 Å². The Kier molecular flexibility index (Phi) is 5.18. The number of halogens is 4. The average molecular weight is 393 g/mol. The SMILES string of the molecule is Cc1ccc(C#N)c(N[C@@H]2CN(C(=O)c3ncccc3F)C[C@H]2C(F)(F)F)n1. The fourth-order valence-electron chi connectivity index (χ4n) is 3.07. The summed E-state index contributed by atoms with van der Waals surface area (Å²) >= 11 is 0. The summed E-state index contributed by atoms with van der Waals surface area (Å²) in [6.45, 7) is 0.658. The molecule has 0 radical (unpaired) electrons. The second kappa shape index (κ2) is 7.42. The minimum Gasteiger partial charge on any atom is -0.364 e. The zero-order chi connectivity index (χ0) is 20.5. The number of nitrogens with one attached hydrogen (secondary N) is 1. The van der Waals surface area contributed by atoms with Gasteiger partial charge < -0.3 is 10.2 Å². The number of aryl methyl sites for hydroxylation is 1. The fourth-order valence-corrected chi connectivity index (χ4v) is 3.07. The Balaban J connectivity index is 1.88. The van der Waals surface area contributed by atoms with Gasteiger partial charge in [-0.15, -0.1) is 0 Å². The first kappa shape index (κ1) is 19.5. The molecule has 3 heterocycles. The van der Waals surface area contributed by atoms with Gasteiger partial charge in [0, 0.05) is 25.0 Å². The van der Waals surface area contributed by atoms with Crippen LogP contribution in [0.3, 0.4) is 0 Å². The van der Waals surface area contributed by atoms with Gasteiger partial charge in [-0.05, 0) is 31.2 Å². The quantitative estimate of drug-likeness (QED) is 0.811. The van der Waals surface area contributed by atoms with Gasteiger partial charge in [0.15, 0.2) is 11.5 Å². The summed E-state index contributed by atoms with van der Waals surface area (Å²) < 4.78 is 54.4. The van der Waals surface area contributed by atoms with E-state index < -0.39 is 42.1 Å². The van der Waals surface area contributed by atoms with Gasteiger partial charge in [0.2, 0.25) is 0 Å². The van der Waals surface area contributed by atoms with Crippen LogP contribution in [0, 0.1) is 30.0 Å². The topological polar surface area (TPSA) is 81.9 Å². The number of hydrogen-bond donors (Lipinski definition) is 1. The van der Waals surface area contributed by atoms with Gasteiger partial charge in [0.1, 0.15) is 11.9 Å². The van der Waals surface area contributed by atoms with Gasteiger partial charge in [-0.3, -0.25) is 4.79 Å². The lowest BCUT2D eigenvalue weighted by Crippen LogP contribution is -2.38. The van der Waals surface area contributed by atoms with E-state index >= 15 is 0 Å². The first-order valence-electron chi connectivity index (χ1n) is 8.31. The molecule has 1 N–H and O–H groups in total. The molecule has 28 heavy (non-hydrogen) atoms. The Morgan fingerprint density at radius 1 is 1.32 bits per heavy atom. The number of likely N-dealkylation sites (tertiary alicyclic amines) is 1. The standard InChI is InChI=1S/C18H15F4N5O/c1-10-4-5-11(7-23)16(25-10)26-14-9-27(8-12(14)18(20,21)22)17(28)15-13(19)3-2-6-24-15/h2-6,12,14H,8-9H2,1H3,(H,25,26)/t12-,14-/m1/s1. The third-order valence-electron chi connectivity index (χ3n) is 4.47. The van der Waals surface area contributed by atoms with Crippen molar-refractivity contribution in [1.29, 1.82) is 5.26 Å². The third-order valence-corrected chi connectivity index (χ3v) is 4.47. The van der Waals surface area contributed by atoms with E-state index in [1.165, 1.54) is 18.3 Å². The minimum atomic E-state index is -4.61. The number of pyridine rings is 2. The van der Waals surface area contributed by atoms with E-state index in [1.807, 2.05) is 6.07 Å². The van der Waals surface area contributed by atoms with Crippen molar-refractivity contribution >= 4 is 11.7 Å². The van der Waals surface area contributed by atoms with Crippen LogP contribution in [0.1, 0.15) is 21.7 Å². The van der Waals surface area contributed by atoms with Gasteiger partial charge >= 0.3 is 6.18 Å². The highest BCUT2D eigenvalue weighted by Gasteiger charge is 2.51. The van der Waals surface area contributed by atoms with E-state index in [2.05, 4.69) is 15.3 Å². The number of anilines is 1. The molecule has 0 aromatic carbocycles. The monoisotopic (exact) mass is 393 g/mol. The highest BCUT2D eigenvalue weighted by atomic mass is 19.4. The predicted molar refractivity (Wildman–Crippen MR) is 90.7 cm³/mol. The first-order chi connectivity index (χ1) is 13.2. The van der Waals surface area contributed by atoms with Crippen molar-refractivity contribution in [2.45, 2.75) is 19.1 Å². The Morgan fingerprint density at radius 3 is 2.71 bits per heavy atom. The fraction of sp³-hybridized carbons (Fsp3) is 0.333. The van der Waals surface area contributed by atoms with Crippen molar-refractivity contribution in [2.75, 3.05) is 18.4 Å². The van der Waals surface area contributed by atoms with E-state index in [-0.39, 0.29) is 17.9 Å². The Hall–Kier alpha value is -3.22.